The molecule has 1 rings (SSSR count). The first-order chi connectivity index (χ1) is 8.92. The molecule has 0 aromatic carbocycles. The molecule has 3 N–H and O–H groups in total. The van der Waals surface area contributed by atoms with Crippen LogP contribution in [0.2, 0.25) is 0 Å². The van der Waals surface area contributed by atoms with Gasteiger partial charge in [-0.1, -0.05) is 13.8 Å². The fourth-order valence-corrected chi connectivity index (χ4v) is 2.45. The van der Waals surface area contributed by atoms with Crippen LogP contribution in [0.25, 0.3) is 0 Å². The van der Waals surface area contributed by atoms with Gasteiger partial charge in [0.2, 0.25) is 5.91 Å². The summed E-state index contributed by atoms with van der Waals surface area (Å²) in [6, 6.07) is -0.554. The van der Waals surface area contributed by atoms with Gasteiger partial charge in [-0.3, -0.25) is 9.59 Å². The highest BCUT2D eigenvalue weighted by Crippen LogP contribution is 2.23. The van der Waals surface area contributed by atoms with Crippen LogP contribution in [0, 0.1) is 12.8 Å². The fraction of sp³-hybridized carbons (Fsp3) is 0.583. The Morgan fingerprint density at radius 2 is 1.89 bits per heavy atom. The average molecular weight is 284 g/mol. The Hall–Kier alpha value is -1.63. The quantitative estimate of drug-likeness (QED) is 0.753. The van der Waals surface area contributed by atoms with Crippen LogP contribution in [-0.2, 0) is 4.79 Å². The molecule has 1 atom stereocenters. The second kappa shape index (κ2) is 6.51. The van der Waals surface area contributed by atoms with E-state index in [-0.39, 0.29) is 17.7 Å². The Kier molecular flexibility index (Phi) is 5.29. The number of carbonyl (C=O) groups excluding carboxylic acids is 2. The van der Waals surface area contributed by atoms with Crippen molar-refractivity contribution in [1.82, 2.24) is 15.0 Å². The Balaban J connectivity index is 2.94. The molecule has 0 fully saturated rings. The first kappa shape index (κ1) is 15.4. The monoisotopic (exact) mass is 284 g/mol. The summed E-state index contributed by atoms with van der Waals surface area (Å²) in [4.78, 5) is 24.0. The summed E-state index contributed by atoms with van der Waals surface area (Å²) >= 11 is 1.23. The second-order valence-electron chi connectivity index (χ2n) is 4.53. The van der Waals surface area contributed by atoms with Gasteiger partial charge in [-0.2, -0.15) is 4.37 Å². The van der Waals surface area contributed by atoms with Gasteiger partial charge in [0.05, 0.1) is 11.3 Å². The van der Waals surface area contributed by atoms with E-state index >= 15 is 0 Å². The summed E-state index contributed by atoms with van der Waals surface area (Å²) in [5.41, 5.74) is 1.16. The van der Waals surface area contributed by atoms with E-state index in [1.165, 1.54) is 11.5 Å². The van der Waals surface area contributed by atoms with Crippen molar-refractivity contribution in [2.75, 3.05) is 19.4 Å². The molecule has 0 spiro atoms. The van der Waals surface area contributed by atoms with Crippen molar-refractivity contribution >= 4 is 28.3 Å². The molecule has 1 aromatic heterocycles. The van der Waals surface area contributed by atoms with Gasteiger partial charge in [0.1, 0.15) is 11.0 Å². The Morgan fingerprint density at radius 3 is 2.37 bits per heavy atom. The van der Waals surface area contributed by atoms with Gasteiger partial charge < -0.3 is 16.0 Å². The number of aryl methyl sites for hydroxylation is 1. The average Bonchev–Trinajstić information content (AvgIpc) is 2.75. The number of nitrogens with one attached hydrogen (secondary N) is 3. The summed E-state index contributed by atoms with van der Waals surface area (Å²) in [5.74, 6) is -0.470. The number of likely N-dealkylation sites (N-methyl/N-ethyl adjacent to an activating group) is 1. The van der Waals surface area contributed by atoms with E-state index in [1.54, 1.807) is 21.0 Å². The van der Waals surface area contributed by atoms with E-state index in [4.69, 9.17) is 0 Å². The molecule has 0 aliphatic rings. The second-order valence-corrected chi connectivity index (χ2v) is 5.30. The van der Waals surface area contributed by atoms with Gasteiger partial charge in [-0.25, -0.2) is 0 Å². The predicted octanol–water partition coefficient (Wildman–Crippen LogP) is 0.994. The van der Waals surface area contributed by atoms with Crippen LogP contribution in [-0.4, -0.2) is 36.3 Å². The summed E-state index contributed by atoms with van der Waals surface area (Å²) in [7, 11) is 3.29. The number of aromatic nitrogens is 1. The largest absolute Gasteiger partial charge is 0.378 e. The van der Waals surface area contributed by atoms with Crippen molar-refractivity contribution < 1.29 is 9.59 Å². The van der Waals surface area contributed by atoms with Crippen molar-refractivity contribution in [2.45, 2.75) is 26.8 Å². The third-order valence-electron chi connectivity index (χ3n) is 2.80. The number of carbonyl (C=O) groups is 2. The molecule has 2 amide bonds. The zero-order chi connectivity index (χ0) is 14.6. The van der Waals surface area contributed by atoms with Crippen molar-refractivity contribution in [3.63, 3.8) is 0 Å². The smallest absolute Gasteiger partial charge is 0.256 e. The van der Waals surface area contributed by atoms with Crippen LogP contribution in [0.5, 0.6) is 0 Å². The van der Waals surface area contributed by atoms with Crippen LogP contribution >= 0.6 is 11.5 Å². The molecule has 7 heteroatoms. The molecular formula is C12H20N4O2S. The number of anilines is 1. The minimum Gasteiger partial charge on any atom is -0.378 e. The SMILES string of the molecule is CNC(=O)[C@@H](NC(=O)c1c(C)nsc1NC)C(C)C. The van der Waals surface area contributed by atoms with Gasteiger partial charge in [0, 0.05) is 14.1 Å². The molecule has 1 aromatic rings. The van der Waals surface area contributed by atoms with Gasteiger partial charge >= 0.3 is 0 Å². The lowest BCUT2D eigenvalue weighted by Gasteiger charge is -2.20. The minimum absolute atomic E-state index is 0.00818. The number of hydrogen-bond acceptors (Lipinski definition) is 5. The molecule has 1 heterocycles. The highest BCUT2D eigenvalue weighted by Gasteiger charge is 2.26. The Bertz CT molecular complexity index is 470. The van der Waals surface area contributed by atoms with Gasteiger partial charge in [0.15, 0.2) is 0 Å². The standard InChI is InChI=1S/C12H20N4O2S/c1-6(2)9(11(18)13-4)15-10(17)8-7(3)16-19-12(8)14-5/h6,9,14H,1-5H3,(H,13,18)(H,15,17)/t9-/m0/s1. The lowest BCUT2D eigenvalue weighted by Crippen LogP contribution is -2.48. The molecule has 19 heavy (non-hydrogen) atoms. The maximum atomic E-state index is 12.3. The van der Waals surface area contributed by atoms with Gasteiger partial charge in [0.25, 0.3) is 5.91 Å². The van der Waals surface area contributed by atoms with Crippen LogP contribution in [0.1, 0.15) is 29.9 Å². The summed E-state index contributed by atoms with van der Waals surface area (Å²) < 4.78 is 4.14. The molecule has 106 valence electrons. The summed E-state index contributed by atoms with van der Waals surface area (Å²) in [5, 5.41) is 8.96. The lowest BCUT2D eigenvalue weighted by atomic mass is 10.0. The molecular weight excluding hydrogens is 264 g/mol. The van der Waals surface area contributed by atoms with E-state index in [0.717, 1.165) is 0 Å². The Labute approximate surface area is 117 Å². The topological polar surface area (TPSA) is 83.1 Å². The maximum absolute atomic E-state index is 12.3. The van der Waals surface area contributed by atoms with E-state index in [9.17, 15) is 9.59 Å². The molecule has 0 aliphatic heterocycles. The van der Waals surface area contributed by atoms with E-state index < -0.39 is 6.04 Å². The number of rotatable bonds is 5. The zero-order valence-corrected chi connectivity index (χ0v) is 12.6. The van der Waals surface area contributed by atoms with Crippen LogP contribution in [0.4, 0.5) is 5.00 Å². The normalized spacial score (nSPS) is 12.1. The maximum Gasteiger partial charge on any atom is 0.256 e. The van der Waals surface area contributed by atoms with Crippen molar-refractivity contribution in [3.05, 3.63) is 11.3 Å². The summed E-state index contributed by atoms with van der Waals surface area (Å²) in [6.07, 6.45) is 0. The fourth-order valence-electron chi connectivity index (χ4n) is 1.71. The number of amides is 2. The highest BCUT2D eigenvalue weighted by molar-refractivity contribution is 7.10. The van der Waals surface area contributed by atoms with Crippen molar-refractivity contribution in [1.29, 1.82) is 0 Å². The van der Waals surface area contributed by atoms with Gasteiger partial charge in [-0.05, 0) is 24.4 Å². The number of nitrogens with zero attached hydrogens (tertiary/aromatic N) is 1. The third kappa shape index (κ3) is 3.44. The molecule has 0 saturated heterocycles. The number of hydrogen-bond donors (Lipinski definition) is 3. The molecule has 0 saturated carbocycles. The van der Waals surface area contributed by atoms with E-state index in [1.807, 2.05) is 13.8 Å². The Morgan fingerprint density at radius 1 is 1.26 bits per heavy atom. The predicted molar refractivity (Wildman–Crippen MR) is 76.6 cm³/mol. The summed E-state index contributed by atoms with van der Waals surface area (Å²) in [6.45, 7) is 5.55. The highest BCUT2D eigenvalue weighted by atomic mass is 32.1. The molecule has 0 aliphatic carbocycles. The third-order valence-corrected chi connectivity index (χ3v) is 3.75. The molecule has 0 radical (unpaired) electrons. The van der Waals surface area contributed by atoms with Crippen LogP contribution in [0.3, 0.4) is 0 Å². The van der Waals surface area contributed by atoms with E-state index in [0.29, 0.717) is 16.3 Å². The molecule has 6 nitrogen and oxygen atoms in total. The first-order valence-corrected chi connectivity index (χ1v) is 6.86. The zero-order valence-electron chi connectivity index (χ0n) is 11.8. The van der Waals surface area contributed by atoms with Crippen LogP contribution in [0.15, 0.2) is 0 Å². The van der Waals surface area contributed by atoms with E-state index in [2.05, 4.69) is 20.3 Å². The van der Waals surface area contributed by atoms with Crippen molar-refractivity contribution in [3.8, 4) is 0 Å². The minimum atomic E-state index is -0.554. The molecule has 0 bridgehead atoms. The van der Waals surface area contributed by atoms with Gasteiger partial charge in [-0.15, -0.1) is 0 Å². The van der Waals surface area contributed by atoms with Crippen molar-refractivity contribution in [2.24, 2.45) is 5.92 Å². The molecule has 0 unspecified atom stereocenters. The lowest BCUT2D eigenvalue weighted by molar-refractivity contribution is -0.123. The first-order valence-electron chi connectivity index (χ1n) is 6.08. The van der Waals surface area contributed by atoms with Crippen LogP contribution < -0.4 is 16.0 Å².